The lowest BCUT2D eigenvalue weighted by atomic mass is 9.80. The lowest BCUT2D eigenvalue weighted by Gasteiger charge is -2.41. The molecule has 0 bridgehead atoms. The Hall–Kier alpha value is -2.04. The molecule has 1 saturated carbocycles. The number of hydrogen-bond donors (Lipinski definition) is 2. The van der Waals surface area contributed by atoms with E-state index in [2.05, 4.69) is 28.4 Å². The number of aromatic hydroxyl groups is 1. The Kier molecular flexibility index (Phi) is 6.50. The maximum Gasteiger partial charge on any atom is 0.124 e. The van der Waals surface area contributed by atoms with Gasteiger partial charge >= 0.3 is 0 Å². The molecule has 2 aliphatic rings. The van der Waals surface area contributed by atoms with E-state index in [0.29, 0.717) is 24.3 Å². The summed E-state index contributed by atoms with van der Waals surface area (Å²) in [7, 11) is 0. The first-order valence-corrected chi connectivity index (χ1v) is 10.8. The number of nitrogens with one attached hydrogen (secondary N) is 1. The van der Waals surface area contributed by atoms with Crippen LogP contribution < -0.4 is 10.1 Å². The van der Waals surface area contributed by atoms with Crippen LogP contribution in [0.3, 0.4) is 0 Å². The Bertz CT molecular complexity index is 720. The van der Waals surface area contributed by atoms with Crippen molar-refractivity contribution in [2.24, 2.45) is 5.92 Å². The number of rotatable bonds is 6. The number of benzene rings is 2. The van der Waals surface area contributed by atoms with Gasteiger partial charge < -0.3 is 15.2 Å². The molecule has 0 radical (unpaired) electrons. The van der Waals surface area contributed by atoms with Crippen molar-refractivity contribution < 1.29 is 9.84 Å². The molecule has 0 aromatic heterocycles. The molecule has 4 heteroatoms. The van der Waals surface area contributed by atoms with Crippen LogP contribution in [0.25, 0.3) is 0 Å². The van der Waals surface area contributed by atoms with Crippen LogP contribution in [0.1, 0.15) is 49.3 Å². The molecular weight excluding hydrogens is 348 g/mol. The largest absolute Gasteiger partial charge is 0.507 e. The monoisotopic (exact) mass is 380 g/mol. The maximum atomic E-state index is 10.9. The quantitative estimate of drug-likeness (QED) is 0.775. The highest BCUT2D eigenvalue weighted by molar-refractivity contribution is 5.42. The van der Waals surface area contributed by atoms with Crippen LogP contribution >= 0.6 is 0 Å². The molecule has 1 heterocycles. The number of phenols is 1. The first-order chi connectivity index (χ1) is 13.8. The third-order valence-corrected chi connectivity index (χ3v) is 6.21. The van der Waals surface area contributed by atoms with Gasteiger partial charge in [0.25, 0.3) is 0 Å². The van der Waals surface area contributed by atoms with E-state index in [1.807, 2.05) is 24.3 Å². The molecule has 2 fully saturated rings. The minimum Gasteiger partial charge on any atom is -0.507 e. The van der Waals surface area contributed by atoms with Gasteiger partial charge in [-0.3, -0.25) is 4.90 Å². The summed E-state index contributed by atoms with van der Waals surface area (Å²) in [6.45, 7) is 4.67. The van der Waals surface area contributed by atoms with Gasteiger partial charge in [-0.25, -0.2) is 0 Å². The second kappa shape index (κ2) is 9.44. The number of phenolic OH excluding ortho intramolecular Hbond substituents is 1. The molecule has 1 aliphatic carbocycles. The van der Waals surface area contributed by atoms with E-state index in [1.54, 1.807) is 6.07 Å². The van der Waals surface area contributed by atoms with Crippen molar-refractivity contribution in [1.82, 2.24) is 10.2 Å². The van der Waals surface area contributed by atoms with E-state index in [-0.39, 0.29) is 0 Å². The van der Waals surface area contributed by atoms with E-state index < -0.39 is 0 Å². The van der Waals surface area contributed by atoms with Crippen LogP contribution in [0.15, 0.2) is 48.5 Å². The molecule has 0 spiro atoms. The molecule has 2 aromatic carbocycles. The van der Waals surface area contributed by atoms with Crippen molar-refractivity contribution in [3.8, 4) is 11.5 Å². The van der Waals surface area contributed by atoms with Gasteiger partial charge in [0.1, 0.15) is 18.1 Å². The zero-order chi connectivity index (χ0) is 19.2. The van der Waals surface area contributed by atoms with Crippen molar-refractivity contribution in [3.63, 3.8) is 0 Å². The van der Waals surface area contributed by atoms with Crippen molar-refractivity contribution in [1.29, 1.82) is 0 Å². The molecule has 150 valence electrons. The zero-order valence-electron chi connectivity index (χ0n) is 16.6. The van der Waals surface area contributed by atoms with Crippen LogP contribution in [0.5, 0.6) is 11.5 Å². The summed E-state index contributed by atoms with van der Waals surface area (Å²) in [5.41, 5.74) is 2.20. The fraction of sp³-hybridized carbons (Fsp3) is 0.500. The second-order valence-electron chi connectivity index (χ2n) is 8.12. The highest BCUT2D eigenvalue weighted by Crippen LogP contribution is 2.42. The number of hydrogen-bond acceptors (Lipinski definition) is 4. The SMILES string of the molecule is Oc1cc(OCc2ccccc2)ccc1[C@H](C1CCCCC1)N1CCNCC1. The van der Waals surface area contributed by atoms with Crippen LogP contribution in [0, 0.1) is 5.92 Å². The van der Waals surface area contributed by atoms with Gasteiger partial charge in [0.15, 0.2) is 0 Å². The highest BCUT2D eigenvalue weighted by atomic mass is 16.5. The number of piperazine rings is 1. The molecule has 1 aliphatic heterocycles. The topological polar surface area (TPSA) is 44.7 Å². The summed E-state index contributed by atoms with van der Waals surface area (Å²) < 4.78 is 5.91. The highest BCUT2D eigenvalue weighted by Gasteiger charge is 2.32. The fourth-order valence-corrected chi connectivity index (χ4v) is 4.76. The van der Waals surface area contributed by atoms with Crippen LogP contribution in [0.4, 0.5) is 0 Å². The summed E-state index contributed by atoms with van der Waals surface area (Å²) >= 11 is 0. The molecular formula is C24H32N2O2. The van der Waals surface area contributed by atoms with Crippen molar-refractivity contribution in [3.05, 3.63) is 59.7 Å². The molecule has 4 nitrogen and oxygen atoms in total. The van der Waals surface area contributed by atoms with Crippen molar-refractivity contribution in [2.75, 3.05) is 26.2 Å². The lowest BCUT2D eigenvalue weighted by molar-refractivity contribution is 0.101. The predicted octanol–water partition coefficient (Wildman–Crippen LogP) is 4.50. The van der Waals surface area contributed by atoms with Gasteiger partial charge in [-0.15, -0.1) is 0 Å². The average molecular weight is 381 g/mol. The molecule has 28 heavy (non-hydrogen) atoms. The molecule has 2 N–H and O–H groups in total. The van der Waals surface area contributed by atoms with E-state index in [0.717, 1.165) is 43.1 Å². The summed E-state index contributed by atoms with van der Waals surface area (Å²) in [6, 6.07) is 16.4. The third-order valence-electron chi connectivity index (χ3n) is 6.21. The van der Waals surface area contributed by atoms with E-state index in [4.69, 9.17) is 4.74 Å². The van der Waals surface area contributed by atoms with Crippen LogP contribution in [0.2, 0.25) is 0 Å². The molecule has 0 unspecified atom stereocenters. The summed E-state index contributed by atoms with van der Waals surface area (Å²) in [5.74, 6) is 1.74. The fourth-order valence-electron chi connectivity index (χ4n) is 4.76. The third kappa shape index (κ3) is 4.68. The summed E-state index contributed by atoms with van der Waals surface area (Å²) in [6.07, 6.45) is 6.50. The Labute approximate surface area is 168 Å². The van der Waals surface area contributed by atoms with Crippen molar-refractivity contribution in [2.45, 2.75) is 44.8 Å². The average Bonchev–Trinajstić information content (AvgIpc) is 2.76. The van der Waals surface area contributed by atoms with Gasteiger partial charge in [0, 0.05) is 43.9 Å². The maximum absolute atomic E-state index is 10.9. The molecule has 1 saturated heterocycles. The predicted molar refractivity (Wildman–Crippen MR) is 113 cm³/mol. The smallest absolute Gasteiger partial charge is 0.124 e. The van der Waals surface area contributed by atoms with E-state index in [1.165, 1.54) is 32.1 Å². The van der Waals surface area contributed by atoms with Crippen LogP contribution in [-0.4, -0.2) is 36.2 Å². The standard InChI is InChI=1S/C24H32N2O2/c27-23-17-21(28-18-19-7-3-1-4-8-19)11-12-22(23)24(20-9-5-2-6-10-20)26-15-13-25-14-16-26/h1,3-4,7-8,11-12,17,20,24-25,27H,2,5-6,9-10,13-16,18H2/t24-/m0/s1. The Morgan fingerprint density at radius 1 is 1.00 bits per heavy atom. The Morgan fingerprint density at radius 2 is 1.75 bits per heavy atom. The van der Waals surface area contributed by atoms with Gasteiger partial charge in [-0.2, -0.15) is 0 Å². The summed E-state index contributed by atoms with van der Waals surface area (Å²) in [5, 5.41) is 14.4. The number of ether oxygens (including phenoxy) is 1. The molecule has 4 rings (SSSR count). The number of nitrogens with zero attached hydrogens (tertiary/aromatic N) is 1. The van der Waals surface area contributed by atoms with Gasteiger partial charge in [-0.05, 0) is 30.4 Å². The van der Waals surface area contributed by atoms with Gasteiger partial charge in [0.2, 0.25) is 0 Å². The van der Waals surface area contributed by atoms with Gasteiger partial charge in [-0.1, -0.05) is 55.7 Å². The van der Waals surface area contributed by atoms with Crippen LogP contribution in [-0.2, 0) is 6.61 Å². The van der Waals surface area contributed by atoms with Crippen molar-refractivity contribution >= 4 is 0 Å². The minimum absolute atomic E-state index is 0.311. The second-order valence-corrected chi connectivity index (χ2v) is 8.12. The Morgan fingerprint density at radius 3 is 2.46 bits per heavy atom. The van der Waals surface area contributed by atoms with E-state index >= 15 is 0 Å². The lowest BCUT2D eigenvalue weighted by Crippen LogP contribution is -2.47. The Balaban J connectivity index is 1.52. The first-order valence-electron chi connectivity index (χ1n) is 10.8. The summed E-state index contributed by atoms with van der Waals surface area (Å²) in [4.78, 5) is 2.58. The zero-order valence-corrected chi connectivity index (χ0v) is 16.6. The van der Waals surface area contributed by atoms with Gasteiger partial charge in [0.05, 0.1) is 0 Å². The normalized spacial score (nSPS) is 20.0. The van der Waals surface area contributed by atoms with E-state index in [9.17, 15) is 5.11 Å². The molecule has 2 aromatic rings. The molecule has 1 atom stereocenters. The first kappa shape index (κ1) is 19.3. The molecule has 0 amide bonds. The minimum atomic E-state index is 0.311.